The zero-order valence-corrected chi connectivity index (χ0v) is 21.1. The summed E-state index contributed by atoms with van der Waals surface area (Å²) in [5.41, 5.74) is 6.59. The summed E-state index contributed by atoms with van der Waals surface area (Å²) in [6, 6.07) is 11.9. The number of nitrogens with one attached hydrogen (secondary N) is 2. The Bertz CT molecular complexity index is 1340. The lowest BCUT2D eigenvalue weighted by molar-refractivity contribution is -0.112. The molecule has 1 saturated heterocycles. The number of allylic oxidation sites excluding steroid dienone is 3. The molecule has 36 heavy (non-hydrogen) atoms. The lowest BCUT2D eigenvalue weighted by atomic mass is 10.1. The molecule has 0 atom stereocenters. The number of ether oxygens (including phenoxy) is 1. The lowest BCUT2D eigenvalue weighted by Gasteiger charge is -2.19. The third kappa shape index (κ3) is 5.23. The topological polar surface area (TPSA) is 70.2 Å². The second-order valence-electron chi connectivity index (χ2n) is 9.38. The molecular weight excluding hydrogens is 448 g/mol. The Morgan fingerprint density at radius 1 is 1.17 bits per heavy atom. The van der Waals surface area contributed by atoms with E-state index >= 15 is 0 Å². The lowest BCUT2D eigenvalue weighted by Crippen LogP contribution is -2.18. The highest BCUT2D eigenvalue weighted by Gasteiger charge is 2.16. The van der Waals surface area contributed by atoms with E-state index in [1.165, 1.54) is 24.1 Å². The molecule has 0 unspecified atom stereocenters. The Balaban J connectivity index is 1.30. The number of nitrogens with zero attached hydrogens (tertiary/aromatic N) is 2. The van der Waals surface area contributed by atoms with E-state index in [0.29, 0.717) is 5.57 Å². The molecule has 6 heteroatoms. The van der Waals surface area contributed by atoms with Crippen molar-refractivity contribution in [2.75, 3.05) is 25.0 Å². The molecule has 1 aromatic heterocycles. The van der Waals surface area contributed by atoms with E-state index in [4.69, 9.17) is 9.72 Å². The van der Waals surface area contributed by atoms with Gasteiger partial charge in [0.2, 0.25) is 0 Å². The number of amides is 1. The van der Waals surface area contributed by atoms with Gasteiger partial charge in [0.25, 0.3) is 5.91 Å². The second kappa shape index (κ2) is 10.9. The van der Waals surface area contributed by atoms with Crippen molar-refractivity contribution in [1.82, 2.24) is 14.9 Å². The number of hydrogen-bond donors (Lipinski definition) is 2. The Morgan fingerprint density at radius 2 is 2.03 bits per heavy atom. The number of likely N-dealkylation sites (tertiary alicyclic amines) is 1. The number of fused-ring (bicyclic) bond motifs is 2. The second-order valence-corrected chi connectivity index (χ2v) is 9.38. The Kier molecular flexibility index (Phi) is 7.21. The highest BCUT2D eigenvalue weighted by molar-refractivity contribution is 6.06. The maximum atomic E-state index is 13.1. The van der Waals surface area contributed by atoms with Gasteiger partial charge in [0.1, 0.15) is 11.6 Å². The van der Waals surface area contributed by atoms with Crippen molar-refractivity contribution in [2.24, 2.45) is 0 Å². The van der Waals surface area contributed by atoms with E-state index in [9.17, 15) is 4.79 Å². The molecule has 5 rings (SSSR count). The number of anilines is 1. The van der Waals surface area contributed by atoms with Gasteiger partial charge in [-0.05, 0) is 80.3 Å². The molecule has 1 amide bonds. The van der Waals surface area contributed by atoms with Gasteiger partial charge in [0, 0.05) is 42.0 Å². The van der Waals surface area contributed by atoms with Crippen LogP contribution in [0.4, 0.5) is 5.69 Å². The number of rotatable bonds is 8. The van der Waals surface area contributed by atoms with Crippen LogP contribution in [0.25, 0.3) is 22.4 Å². The summed E-state index contributed by atoms with van der Waals surface area (Å²) >= 11 is 0. The van der Waals surface area contributed by atoms with Gasteiger partial charge < -0.3 is 19.9 Å². The number of hydrogen-bond acceptors (Lipinski definition) is 4. The Morgan fingerprint density at radius 3 is 2.83 bits per heavy atom. The number of carbonyl (C=O) groups excluding carboxylic acids is 1. The van der Waals surface area contributed by atoms with Gasteiger partial charge in [-0.1, -0.05) is 25.5 Å². The monoisotopic (exact) mass is 482 g/mol. The average molecular weight is 483 g/mol. The average Bonchev–Trinajstić information content (AvgIpc) is 3.66. The number of aromatic nitrogens is 2. The van der Waals surface area contributed by atoms with Gasteiger partial charge in [0.05, 0.1) is 17.6 Å². The first-order valence-corrected chi connectivity index (χ1v) is 13.0. The minimum Gasteiger partial charge on any atom is -0.493 e. The van der Waals surface area contributed by atoms with Crippen molar-refractivity contribution in [3.05, 3.63) is 77.5 Å². The standard InChI is InChI=1S/C30H34N4O2/c1-3-5-8-25(34-16-6-7-17-34)12-9-21(4-2)30(35)31-24-11-13-26-27(20-24)33-29(32-26)23-10-14-28-22(19-23)15-18-36-28/h4,8-14,19-20H,3,5-7,15-18H2,1-2H3,(H,31,35)(H,32,33)/b12-9-,21-4+,25-8-. The third-order valence-electron chi connectivity index (χ3n) is 6.82. The molecule has 186 valence electrons. The molecule has 3 aromatic rings. The van der Waals surface area contributed by atoms with Gasteiger partial charge >= 0.3 is 0 Å². The van der Waals surface area contributed by atoms with E-state index in [1.54, 1.807) is 0 Å². The molecule has 2 aliphatic rings. The quantitative estimate of drug-likeness (QED) is 0.288. The highest BCUT2D eigenvalue weighted by Crippen LogP contribution is 2.30. The number of imidazole rings is 1. The van der Waals surface area contributed by atoms with Crippen molar-refractivity contribution in [3.63, 3.8) is 0 Å². The van der Waals surface area contributed by atoms with Crippen LogP contribution in [-0.4, -0.2) is 40.5 Å². The first-order valence-electron chi connectivity index (χ1n) is 13.0. The summed E-state index contributed by atoms with van der Waals surface area (Å²) in [7, 11) is 0. The van der Waals surface area contributed by atoms with Crippen molar-refractivity contribution in [1.29, 1.82) is 0 Å². The first kappa shape index (κ1) is 23.9. The van der Waals surface area contributed by atoms with Gasteiger partial charge in [-0.25, -0.2) is 4.98 Å². The predicted octanol–water partition coefficient (Wildman–Crippen LogP) is 6.39. The normalized spacial score (nSPS) is 16.1. The summed E-state index contributed by atoms with van der Waals surface area (Å²) in [4.78, 5) is 23.6. The minimum absolute atomic E-state index is 0.122. The van der Waals surface area contributed by atoms with E-state index in [0.717, 1.165) is 72.8 Å². The highest BCUT2D eigenvalue weighted by atomic mass is 16.5. The fourth-order valence-electron chi connectivity index (χ4n) is 4.81. The van der Waals surface area contributed by atoms with Crippen LogP contribution in [0, 0.1) is 0 Å². The zero-order chi connectivity index (χ0) is 24.9. The van der Waals surface area contributed by atoms with E-state index < -0.39 is 0 Å². The molecule has 2 aromatic carbocycles. The van der Waals surface area contributed by atoms with Crippen LogP contribution in [0.2, 0.25) is 0 Å². The smallest absolute Gasteiger partial charge is 0.255 e. The fourth-order valence-corrected chi connectivity index (χ4v) is 4.81. The molecule has 6 nitrogen and oxygen atoms in total. The van der Waals surface area contributed by atoms with Gasteiger partial charge in [-0.3, -0.25) is 4.79 Å². The summed E-state index contributed by atoms with van der Waals surface area (Å²) < 4.78 is 5.62. The summed E-state index contributed by atoms with van der Waals surface area (Å²) in [6.45, 7) is 6.99. The van der Waals surface area contributed by atoms with Crippen molar-refractivity contribution in [2.45, 2.75) is 46.0 Å². The molecule has 0 bridgehead atoms. The van der Waals surface area contributed by atoms with Crippen LogP contribution >= 0.6 is 0 Å². The maximum absolute atomic E-state index is 13.1. The van der Waals surface area contributed by atoms with E-state index in [1.807, 2.05) is 49.4 Å². The van der Waals surface area contributed by atoms with Crippen LogP contribution in [0.15, 0.2) is 72.0 Å². The SMILES string of the molecule is C\C=C(/C=C\C(=C\CCC)N1CCCC1)C(=O)Nc1ccc2nc(-c3ccc4c(c3)CCO4)[nH]c2c1. The minimum atomic E-state index is -0.122. The summed E-state index contributed by atoms with van der Waals surface area (Å²) in [6.07, 6.45) is 13.7. The first-order chi connectivity index (χ1) is 17.6. The fraction of sp³-hybridized carbons (Fsp3) is 0.333. The molecule has 1 fully saturated rings. The number of carbonyl (C=O) groups is 1. The maximum Gasteiger partial charge on any atom is 0.255 e. The van der Waals surface area contributed by atoms with Gasteiger partial charge in [-0.15, -0.1) is 0 Å². The van der Waals surface area contributed by atoms with Gasteiger partial charge in [0.15, 0.2) is 0 Å². The van der Waals surface area contributed by atoms with Crippen molar-refractivity contribution < 1.29 is 9.53 Å². The number of aromatic amines is 1. The molecule has 2 aliphatic heterocycles. The van der Waals surface area contributed by atoms with Crippen LogP contribution in [0.1, 0.15) is 45.1 Å². The zero-order valence-electron chi connectivity index (χ0n) is 21.1. The number of H-pyrrole nitrogens is 1. The molecule has 0 aliphatic carbocycles. The molecule has 0 radical (unpaired) electrons. The van der Waals surface area contributed by atoms with Crippen molar-refractivity contribution in [3.8, 4) is 17.1 Å². The van der Waals surface area contributed by atoms with E-state index in [-0.39, 0.29) is 5.91 Å². The molecule has 0 spiro atoms. The van der Waals surface area contributed by atoms with E-state index in [2.05, 4.69) is 40.3 Å². The molecular formula is C30H34N4O2. The largest absolute Gasteiger partial charge is 0.493 e. The number of benzene rings is 2. The van der Waals surface area contributed by atoms with Crippen LogP contribution in [0.3, 0.4) is 0 Å². The van der Waals surface area contributed by atoms with Gasteiger partial charge in [-0.2, -0.15) is 0 Å². The van der Waals surface area contributed by atoms with Crippen molar-refractivity contribution >= 4 is 22.6 Å². The number of unbranched alkanes of at least 4 members (excludes halogenated alkanes) is 1. The molecule has 3 heterocycles. The Labute approximate surface area is 212 Å². The third-order valence-corrected chi connectivity index (χ3v) is 6.82. The van der Waals surface area contributed by atoms with Crippen LogP contribution in [0.5, 0.6) is 5.75 Å². The predicted molar refractivity (Wildman–Crippen MR) is 146 cm³/mol. The summed E-state index contributed by atoms with van der Waals surface area (Å²) in [5.74, 6) is 1.65. The Hall–Kier alpha value is -3.80. The molecule has 0 saturated carbocycles. The molecule has 2 N–H and O–H groups in total. The van der Waals surface area contributed by atoms with Crippen LogP contribution < -0.4 is 10.1 Å². The summed E-state index contributed by atoms with van der Waals surface area (Å²) in [5, 5.41) is 3.05. The van der Waals surface area contributed by atoms with Crippen LogP contribution in [-0.2, 0) is 11.2 Å².